The third-order valence-corrected chi connectivity index (χ3v) is 5.21. The van der Waals surface area contributed by atoms with Gasteiger partial charge in [-0.05, 0) is 23.8 Å². The molecule has 7 nitrogen and oxygen atoms in total. The molecule has 2 atom stereocenters. The maximum atomic E-state index is 13.2. The van der Waals surface area contributed by atoms with Crippen LogP contribution in [0.4, 0.5) is 18.9 Å². The summed E-state index contributed by atoms with van der Waals surface area (Å²) < 4.78 is 67.7. The Morgan fingerprint density at radius 1 is 1.15 bits per heavy atom. The molecule has 1 aliphatic rings. The lowest BCUT2D eigenvalue weighted by molar-refractivity contribution is -0.384. The predicted molar refractivity (Wildman–Crippen MR) is 87.2 cm³/mol. The van der Waals surface area contributed by atoms with E-state index >= 15 is 0 Å². The first-order valence-electron chi connectivity index (χ1n) is 7.71. The van der Waals surface area contributed by atoms with E-state index in [4.69, 9.17) is 13.6 Å². The quantitative estimate of drug-likeness (QED) is 0.392. The SMILES string of the molecule is O=[N+]([O-])c1ccc(OP2(=O)OCCC(c3ccccc3C(F)(F)F)O2)cc1. The minimum Gasteiger partial charge on any atom is -0.404 e. The van der Waals surface area contributed by atoms with E-state index in [9.17, 15) is 27.9 Å². The van der Waals surface area contributed by atoms with Gasteiger partial charge in [0.05, 0.1) is 23.2 Å². The summed E-state index contributed by atoms with van der Waals surface area (Å²) in [6.07, 6.45) is -5.68. The Morgan fingerprint density at radius 2 is 1.81 bits per heavy atom. The van der Waals surface area contributed by atoms with Crippen molar-refractivity contribution in [3.63, 3.8) is 0 Å². The Kier molecular flexibility index (Phi) is 5.23. The highest BCUT2D eigenvalue weighted by Crippen LogP contribution is 2.57. The molecule has 0 bridgehead atoms. The maximum absolute atomic E-state index is 13.2. The number of hydrogen-bond donors (Lipinski definition) is 0. The molecule has 3 rings (SSSR count). The van der Waals surface area contributed by atoms with E-state index in [0.29, 0.717) is 0 Å². The first-order valence-corrected chi connectivity index (χ1v) is 9.17. The Labute approximate surface area is 151 Å². The van der Waals surface area contributed by atoms with Crippen LogP contribution in [0.1, 0.15) is 23.7 Å². The van der Waals surface area contributed by atoms with Crippen molar-refractivity contribution in [2.24, 2.45) is 0 Å². The topological polar surface area (TPSA) is 87.9 Å². The first-order chi connectivity index (χ1) is 12.7. The fourth-order valence-electron chi connectivity index (χ4n) is 2.56. The number of nitro benzene ring substituents is 1. The number of nitro groups is 1. The zero-order chi connectivity index (χ0) is 19.7. The number of phosphoric ester groups is 1. The van der Waals surface area contributed by atoms with Gasteiger partial charge in [-0.2, -0.15) is 13.2 Å². The highest BCUT2D eigenvalue weighted by Gasteiger charge is 2.41. The van der Waals surface area contributed by atoms with Crippen LogP contribution in [0.5, 0.6) is 5.75 Å². The Bertz CT molecular complexity index is 886. The van der Waals surface area contributed by atoms with Crippen LogP contribution in [0.2, 0.25) is 0 Å². The summed E-state index contributed by atoms with van der Waals surface area (Å²) in [4.78, 5) is 10.0. The lowest BCUT2D eigenvalue weighted by Gasteiger charge is -2.30. The molecule has 11 heteroatoms. The molecule has 2 aromatic rings. The van der Waals surface area contributed by atoms with Crippen molar-refractivity contribution >= 4 is 13.5 Å². The van der Waals surface area contributed by atoms with Crippen LogP contribution in [0, 0.1) is 10.1 Å². The fourth-order valence-corrected chi connectivity index (χ4v) is 3.96. The van der Waals surface area contributed by atoms with Gasteiger partial charge in [0.1, 0.15) is 5.75 Å². The number of hydrogen-bond acceptors (Lipinski definition) is 6. The number of phosphoric acid groups is 1. The summed E-state index contributed by atoms with van der Waals surface area (Å²) in [5.74, 6) is -0.0336. The van der Waals surface area contributed by atoms with E-state index in [1.54, 1.807) is 0 Å². The molecular formula is C16H13F3NO6P. The van der Waals surface area contributed by atoms with E-state index in [1.165, 1.54) is 30.3 Å². The highest BCUT2D eigenvalue weighted by atomic mass is 31.2. The van der Waals surface area contributed by atoms with Crippen molar-refractivity contribution in [1.82, 2.24) is 0 Å². The maximum Gasteiger partial charge on any atom is 0.530 e. The van der Waals surface area contributed by atoms with E-state index in [1.807, 2.05) is 0 Å². The summed E-state index contributed by atoms with van der Waals surface area (Å²) in [6.45, 7) is -0.138. The predicted octanol–water partition coefficient (Wildman–Crippen LogP) is 5.28. The Morgan fingerprint density at radius 3 is 2.44 bits per heavy atom. The minimum atomic E-state index is -4.60. The molecule has 1 saturated heterocycles. The summed E-state index contributed by atoms with van der Waals surface area (Å²) in [7, 11) is -4.21. The third-order valence-electron chi connectivity index (χ3n) is 3.76. The van der Waals surface area contributed by atoms with Gasteiger partial charge >= 0.3 is 14.0 Å². The molecule has 144 valence electrons. The summed E-state index contributed by atoms with van der Waals surface area (Å²) in [6, 6.07) is 9.47. The molecule has 0 saturated carbocycles. The second-order valence-corrected chi connectivity index (χ2v) is 7.14. The average molecular weight is 403 g/mol. The number of benzene rings is 2. The molecule has 2 aromatic carbocycles. The van der Waals surface area contributed by atoms with Gasteiger partial charge in [-0.15, -0.1) is 0 Å². The molecule has 27 heavy (non-hydrogen) atoms. The van der Waals surface area contributed by atoms with E-state index in [-0.39, 0.29) is 30.0 Å². The van der Waals surface area contributed by atoms with Crippen molar-refractivity contribution in [2.45, 2.75) is 18.7 Å². The monoisotopic (exact) mass is 403 g/mol. The van der Waals surface area contributed by atoms with Crippen molar-refractivity contribution < 1.29 is 36.2 Å². The second-order valence-electron chi connectivity index (χ2n) is 5.59. The zero-order valence-corrected chi connectivity index (χ0v) is 14.5. The van der Waals surface area contributed by atoms with Crippen molar-refractivity contribution in [1.29, 1.82) is 0 Å². The zero-order valence-electron chi connectivity index (χ0n) is 13.6. The molecule has 0 N–H and O–H groups in total. The molecule has 2 unspecified atom stereocenters. The van der Waals surface area contributed by atoms with E-state index < -0.39 is 30.6 Å². The largest absolute Gasteiger partial charge is 0.530 e. The smallest absolute Gasteiger partial charge is 0.404 e. The minimum absolute atomic E-state index is 0.0336. The Balaban J connectivity index is 1.81. The number of nitrogens with zero attached hydrogens (tertiary/aromatic N) is 1. The molecular weight excluding hydrogens is 390 g/mol. The molecule has 0 aliphatic carbocycles. The molecule has 0 amide bonds. The van der Waals surface area contributed by atoms with Crippen LogP contribution >= 0.6 is 7.82 Å². The van der Waals surface area contributed by atoms with Crippen molar-refractivity contribution in [2.75, 3.05) is 6.61 Å². The molecule has 1 aliphatic heterocycles. The molecule has 1 fully saturated rings. The fraction of sp³-hybridized carbons (Fsp3) is 0.250. The first kappa shape index (κ1) is 19.3. The van der Waals surface area contributed by atoms with E-state index in [2.05, 4.69) is 0 Å². The molecule has 0 radical (unpaired) electrons. The van der Waals surface area contributed by atoms with Gasteiger partial charge in [0, 0.05) is 18.6 Å². The molecule has 1 heterocycles. The van der Waals surface area contributed by atoms with Gasteiger partial charge in [-0.3, -0.25) is 19.2 Å². The summed E-state index contributed by atoms with van der Waals surface area (Å²) in [5.41, 5.74) is -1.26. The lowest BCUT2D eigenvalue weighted by Crippen LogP contribution is -2.20. The van der Waals surface area contributed by atoms with Gasteiger partial charge in [-0.25, -0.2) is 4.57 Å². The van der Waals surface area contributed by atoms with Gasteiger partial charge < -0.3 is 4.52 Å². The van der Waals surface area contributed by atoms with E-state index in [0.717, 1.165) is 18.2 Å². The normalized spacial score (nSPS) is 23.0. The van der Waals surface area contributed by atoms with Crippen LogP contribution in [-0.4, -0.2) is 11.5 Å². The van der Waals surface area contributed by atoms with Crippen LogP contribution in [-0.2, 0) is 19.8 Å². The molecule has 0 spiro atoms. The standard InChI is InChI=1S/C16H13F3NO6P/c17-16(18,19)14-4-2-1-3-13(14)15-9-10-24-27(23,26-15)25-12-7-5-11(6-8-12)20(21)22/h1-8,15H,9-10H2. The second kappa shape index (κ2) is 7.30. The van der Waals surface area contributed by atoms with Crippen molar-refractivity contribution in [3.8, 4) is 5.75 Å². The number of non-ortho nitro benzene ring substituents is 1. The third kappa shape index (κ3) is 4.47. The van der Waals surface area contributed by atoms with Crippen LogP contribution in [0.3, 0.4) is 0 Å². The van der Waals surface area contributed by atoms with Crippen LogP contribution < -0.4 is 4.52 Å². The van der Waals surface area contributed by atoms with Gasteiger partial charge in [0.2, 0.25) is 0 Å². The summed E-state index contributed by atoms with van der Waals surface area (Å²) in [5, 5.41) is 10.6. The number of rotatable bonds is 4. The number of halogens is 3. The average Bonchev–Trinajstić information content (AvgIpc) is 2.61. The van der Waals surface area contributed by atoms with Crippen molar-refractivity contribution in [3.05, 3.63) is 69.8 Å². The molecule has 0 aromatic heterocycles. The van der Waals surface area contributed by atoms with Crippen LogP contribution in [0.15, 0.2) is 48.5 Å². The van der Waals surface area contributed by atoms with Gasteiger partial charge in [0.25, 0.3) is 5.69 Å². The van der Waals surface area contributed by atoms with Crippen LogP contribution in [0.25, 0.3) is 0 Å². The highest BCUT2D eigenvalue weighted by molar-refractivity contribution is 7.49. The number of alkyl halides is 3. The van der Waals surface area contributed by atoms with Gasteiger partial charge in [0.15, 0.2) is 0 Å². The lowest BCUT2D eigenvalue weighted by atomic mass is 10.00. The summed E-state index contributed by atoms with van der Waals surface area (Å²) >= 11 is 0. The Hall–Kier alpha value is -2.42. The van der Waals surface area contributed by atoms with Gasteiger partial charge in [-0.1, -0.05) is 18.2 Å².